The molecule has 136 valence electrons. The summed E-state index contributed by atoms with van der Waals surface area (Å²) < 4.78 is 1.94. The van der Waals surface area contributed by atoms with E-state index >= 15 is 0 Å². The van der Waals surface area contributed by atoms with Crippen LogP contribution in [-0.2, 0) is 11.8 Å². The molecular formula is C18H21N5O2S. The van der Waals surface area contributed by atoms with E-state index in [9.17, 15) is 9.59 Å². The molecule has 0 saturated carbocycles. The summed E-state index contributed by atoms with van der Waals surface area (Å²) in [5, 5.41) is 9.35. The fourth-order valence-electron chi connectivity index (χ4n) is 2.78. The first-order chi connectivity index (χ1) is 12.6. The monoisotopic (exact) mass is 371 g/mol. The molecule has 0 unspecified atom stereocenters. The number of hydrogen-bond donors (Lipinski definition) is 3. The first kappa shape index (κ1) is 18.1. The lowest BCUT2D eigenvalue weighted by molar-refractivity contribution is -0.117. The second kappa shape index (κ2) is 8.09. The molecule has 3 rings (SSSR count). The van der Waals surface area contributed by atoms with Gasteiger partial charge in [0.1, 0.15) is 0 Å². The lowest BCUT2D eigenvalue weighted by atomic mass is 9.95. The van der Waals surface area contributed by atoms with E-state index in [-0.39, 0.29) is 11.9 Å². The molecule has 8 heteroatoms. The van der Waals surface area contributed by atoms with Gasteiger partial charge in [-0.1, -0.05) is 42.1 Å². The van der Waals surface area contributed by atoms with Gasteiger partial charge in [-0.3, -0.25) is 4.79 Å². The number of imidazole rings is 1. The fourth-order valence-corrected chi connectivity index (χ4v) is 3.57. The van der Waals surface area contributed by atoms with Crippen LogP contribution in [0.2, 0.25) is 0 Å². The van der Waals surface area contributed by atoms with Crippen LogP contribution in [0, 0.1) is 0 Å². The van der Waals surface area contributed by atoms with Crippen LogP contribution in [0.5, 0.6) is 0 Å². The number of benzene rings is 1. The van der Waals surface area contributed by atoms with Gasteiger partial charge in [0.15, 0.2) is 5.16 Å². The summed E-state index contributed by atoms with van der Waals surface area (Å²) in [6.07, 6.45) is 3.63. The summed E-state index contributed by atoms with van der Waals surface area (Å²) in [6.45, 7) is 2.24. The Morgan fingerprint density at radius 1 is 1.35 bits per heavy atom. The number of hydrogen-bond acceptors (Lipinski definition) is 4. The van der Waals surface area contributed by atoms with Crippen molar-refractivity contribution in [3.05, 3.63) is 59.6 Å². The van der Waals surface area contributed by atoms with Gasteiger partial charge in [0.05, 0.1) is 11.6 Å². The maximum absolute atomic E-state index is 12.7. The summed E-state index contributed by atoms with van der Waals surface area (Å²) in [4.78, 5) is 28.8. The quantitative estimate of drug-likeness (QED) is 0.535. The lowest BCUT2D eigenvalue weighted by Gasteiger charge is -2.28. The molecule has 1 atom stereocenters. The number of urea groups is 1. The second-order valence-corrected chi connectivity index (χ2v) is 6.97. The molecule has 0 fully saturated rings. The fraction of sp³-hybridized carbons (Fsp3) is 0.278. The van der Waals surface area contributed by atoms with Gasteiger partial charge in [-0.05, 0) is 12.5 Å². The Bertz CT molecular complexity index is 831. The molecule has 0 radical (unpaired) electrons. The van der Waals surface area contributed by atoms with Crippen molar-refractivity contribution in [2.45, 2.75) is 18.1 Å². The van der Waals surface area contributed by atoms with Crippen LogP contribution in [0.3, 0.4) is 0 Å². The summed E-state index contributed by atoms with van der Waals surface area (Å²) >= 11 is 1.58. The van der Waals surface area contributed by atoms with Gasteiger partial charge in [-0.2, -0.15) is 0 Å². The molecule has 1 aliphatic rings. The minimum absolute atomic E-state index is 0.190. The highest BCUT2D eigenvalue weighted by Gasteiger charge is 2.30. The molecule has 0 bridgehead atoms. The number of rotatable bonds is 6. The van der Waals surface area contributed by atoms with E-state index < -0.39 is 6.04 Å². The van der Waals surface area contributed by atoms with E-state index in [0.29, 0.717) is 23.6 Å². The number of carbonyl (C=O) groups is 2. The van der Waals surface area contributed by atoms with Crippen molar-refractivity contribution in [3.63, 3.8) is 0 Å². The van der Waals surface area contributed by atoms with Crippen LogP contribution in [0.1, 0.15) is 18.5 Å². The first-order valence-corrected chi connectivity index (χ1v) is 9.26. The number of thioether (sulfide) groups is 1. The van der Waals surface area contributed by atoms with E-state index in [1.165, 1.54) is 0 Å². The summed E-state index contributed by atoms with van der Waals surface area (Å²) in [6, 6.07) is 8.69. The van der Waals surface area contributed by atoms with Crippen molar-refractivity contribution in [3.8, 4) is 0 Å². The molecule has 2 aromatic rings. The average Bonchev–Trinajstić information content (AvgIpc) is 3.03. The normalized spacial score (nSPS) is 16.8. The maximum Gasteiger partial charge on any atom is 0.319 e. The van der Waals surface area contributed by atoms with Gasteiger partial charge in [0, 0.05) is 37.4 Å². The Morgan fingerprint density at radius 2 is 2.12 bits per heavy atom. The molecule has 3 N–H and O–H groups in total. The highest BCUT2D eigenvalue weighted by Crippen LogP contribution is 2.26. The zero-order valence-electron chi connectivity index (χ0n) is 14.7. The zero-order chi connectivity index (χ0) is 18.5. The highest BCUT2D eigenvalue weighted by molar-refractivity contribution is 7.99. The van der Waals surface area contributed by atoms with Crippen molar-refractivity contribution >= 4 is 23.7 Å². The van der Waals surface area contributed by atoms with Crippen molar-refractivity contribution in [2.24, 2.45) is 7.05 Å². The molecule has 0 saturated heterocycles. The Kier molecular flexibility index (Phi) is 5.62. The van der Waals surface area contributed by atoms with Crippen molar-refractivity contribution < 1.29 is 9.59 Å². The Hall–Kier alpha value is -2.74. The maximum atomic E-state index is 12.7. The number of carbonyl (C=O) groups excluding carboxylic acids is 2. The van der Waals surface area contributed by atoms with Gasteiger partial charge < -0.3 is 20.5 Å². The minimum Gasteiger partial charge on any atom is -0.351 e. The number of aryl methyl sites for hydroxylation is 1. The number of aromatic nitrogens is 2. The molecular weight excluding hydrogens is 350 g/mol. The van der Waals surface area contributed by atoms with Crippen LogP contribution >= 0.6 is 11.8 Å². The third kappa shape index (κ3) is 4.08. The third-order valence-corrected chi connectivity index (χ3v) is 5.10. The van der Waals surface area contributed by atoms with Crippen molar-refractivity contribution in [1.29, 1.82) is 0 Å². The highest BCUT2D eigenvalue weighted by atomic mass is 32.2. The van der Waals surface area contributed by atoms with Crippen molar-refractivity contribution in [2.75, 3.05) is 12.3 Å². The number of nitrogens with zero attached hydrogens (tertiary/aromatic N) is 2. The molecule has 1 aliphatic heterocycles. The molecule has 3 amide bonds. The van der Waals surface area contributed by atoms with Crippen LogP contribution in [0.25, 0.3) is 0 Å². The van der Waals surface area contributed by atoms with Gasteiger partial charge in [-0.15, -0.1) is 0 Å². The van der Waals surface area contributed by atoms with Crippen LogP contribution in [-0.4, -0.2) is 33.8 Å². The van der Waals surface area contributed by atoms with Gasteiger partial charge >= 0.3 is 6.03 Å². The molecule has 0 aliphatic carbocycles. The molecule has 7 nitrogen and oxygen atoms in total. The predicted octanol–water partition coefficient (Wildman–Crippen LogP) is 1.96. The predicted molar refractivity (Wildman–Crippen MR) is 100 cm³/mol. The largest absolute Gasteiger partial charge is 0.351 e. The van der Waals surface area contributed by atoms with Gasteiger partial charge in [0.25, 0.3) is 5.91 Å². The molecule has 26 heavy (non-hydrogen) atoms. The molecule has 1 aromatic carbocycles. The van der Waals surface area contributed by atoms with E-state index in [0.717, 1.165) is 10.7 Å². The molecule has 1 aromatic heterocycles. The Balaban J connectivity index is 1.66. The molecule has 2 heterocycles. The van der Waals surface area contributed by atoms with Crippen LogP contribution < -0.4 is 16.0 Å². The topological polar surface area (TPSA) is 88.1 Å². The minimum atomic E-state index is -0.466. The Labute approximate surface area is 156 Å². The zero-order valence-corrected chi connectivity index (χ0v) is 15.5. The number of nitrogens with one attached hydrogen (secondary N) is 3. The molecule has 0 spiro atoms. The van der Waals surface area contributed by atoms with Crippen LogP contribution in [0.15, 0.2) is 59.2 Å². The second-order valence-electron chi connectivity index (χ2n) is 5.91. The first-order valence-electron chi connectivity index (χ1n) is 8.28. The van der Waals surface area contributed by atoms with E-state index in [2.05, 4.69) is 20.9 Å². The number of allylic oxidation sites excluding steroid dienone is 1. The van der Waals surface area contributed by atoms with Gasteiger partial charge in [0.2, 0.25) is 0 Å². The summed E-state index contributed by atoms with van der Waals surface area (Å²) in [5.74, 6) is 0.517. The smallest absolute Gasteiger partial charge is 0.319 e. The lowest BCUT2D eigenvalue weighted by Crippen LogP contribution is -2.47. The SMILES string of the molecule is CC1=C(C(=O)NCCSc2nccn2C)[C@@H](c2ccccc2)NC(=O)N1. The van der Waals surface area contributed by atoms with E-state index in [1.807, 2.05) is 48.1 Å². The van der Waals surface area contributed by atoms with Crippen molar-refractivity contribution in [1.82, 2.24) is 25.5 Å². The van der Waals surface area contributed by atoms with Crippen LogP contribution in [0.4, 0.5) is 4.79 Å². The standard InChI is InChI=1S/C18H21N5O2S/c1-12-14(15(22-17(25)21-12)13-6-4-3-5-7-13)16(24)19-9-11-26-18-20-8-10-23(18)2/h3-8,10,15H,9,11H2,1-2H3,(H,19,24)(H2,21,22,25)/t15-/m1/s1. The average molecular weight is 371 g/mol. The van der Waals surface area contributed by atoms with E-state index in [1.54, 1.807) is 24.9 Å². The van der Waals surface area contributed by atoms with E-state index in [4.69, 9.17) is 0 Å². The van der Waals surface area contributed by atoms with Gasteiger partial charge in [-0.25, -0.2) is 9.78 Å². The summed E-state index contributed by atoms with van der Waals surface area (Å²) in [7, 11) is 1.93. The number of amides is 3. The third-order valence-electron chi connectivity index (χ3n) is 4.04. The summed E-state index contributed by atoms with van der Waals surface area (Å²) in [5.41, 5.74) is 1.96. The Morgan fingerprint density at radius 3 is 2.81 bits per heavy atom.